The fourth-order valence-electron chi connectivity index (χ4n) is 3.06. The zero-order valence-corrected chi connectivity index (χ0v) is 12.1. The molecule has 2 aliphatic rings. The van der Waals surface area contributed by atoms with Crippen LogP contribution in [0.3, 0.4) is 0 Å². The van der Waals surface area contributed by atoms with Gasteiger partial charge in [0.25, 0.3) is 0 Å². The number of rotatable bonds is 5. The van der Waals surface area contributed by atoms with Crippen molar-refractivity contribution in [1.29, 1.82) is 0 Å². The highest BCUT2D eigenvalue weighted by atomic mass is 16.2. The molecule has 1 aromatic rings. The average molecular weight is 272 g/mol. The minimum Gasteiger partial charge on any atom is -0.343 e. The van der Waals surface area contributed by atoms with E-state index in [1.807, 2.05) is 4.90 Å². The summed E-state index contributed by atoms with van der Waals surface area (Å²) in [4.78, 5) is 14.1. The summed E-state index contributed by atoms with van der Waals surface area (Å²) in [6, 6.07) is 8.46. The Balaban J connectivity index is 1.60. The lowest BCUT2D eigenvalue weighted by Crippen LogP contribution is -2.28. The van der Waals surface area contributed by atoms with Crippen LogP contribution in [0.5, 0.6) is 0 Å². The molecule has 0 radical (unpaired) electrons. The van der Waals surface area contributed by atoms with Gasteiger partial charge in [-0.25, -0.2) is 0 Å². The predicted molar refractivity (Wildman–Crippen MR) is 80.4 cm³/mol. The predicted octanol–water partition coefficient (Wildman–Crippen LogP) is 2.28. The molecule has 1 aliphatic heterocycles. The maximum absolute atomic E-state index is 12.1. The molecule has 0 bridgehead atoms. The molecule has 1 saturated carbocycles. The van der Waals surface area contributed by atoms with Gasteiger partial charge in [-0.1, -0.05) is 24.3 Å². The molecule has 3 heteroatoms. The standard InChI is InChI=1S/C17H24N2O/c18-17(9-10-17)13-15-6-2-1-5-14(15)7-8-16(20)19-11-3-4-12-19/h1-2,5-6H,3-4,7-13,18H2. The van der Waals surface area contributed by atoms with Crippen molar-refractivity contribution in [2.45, 2.75) is 50.5 Å². The molecule has 0 unspecified atom stereocenters. The normalized spacial score (nSPS) is 20.1. The van der Waals surface area contributed by atoms with Gasteiger partial charge in [0.15, 0.2) is 0 Å². The van der Waals surface area contributed by atoms with Gasteiger partial charge in [0.1, 0.15) is 0 Å². The minimum atomic E-state index is 0.0368. The van der Waals surface area contributed by atoms with E-state index in [9.17, 15) is 4.79 Å². The fraction of sp³-hybridized carbons (Fsp3) is 0.588. The van der Waals surface area contributed by atoms with E-state index in [2.05, 4.69) is 24.3 Å². The Labute approximate surface area is 121 Å². The molecular weight excluding hydrogens is 248 g/mol. The van der Waals surface area contributed by atoms with Gasteiger partial charge >= 0.3 is 0 Å². The molecule has 3 nitrogen and oxygen atoms in total. The summed E-state index contributed by atoms with van der Waals surface area (Å²) in [5.41, 5.74) is 8.90. The smallest absolute Gasteiger partial charge is 0.222 e. The Kier molecular flexibility index (Phi) is 3.79. The van der Waals surface area contributed by atoms with E-state index in [0.717, 1.165) is 51.6 Å². The van der Waals surface area contributed by atoms with Crippen LogP contribution in [0.25, 0.3) is 0 Å². The largest absolute Gasteiger partial charge is 0.343 e. The van der Waals surface area contributed by atoms with Crippen LogP contribution in [0.4, 0.5) is 0 Å². The molecule has 2 N–H and O–H groups in total. The maximum Gasteiger partial charge on any atom is 0.222 e. The molecule has 1 heterocycles. The highest BCUT2D eigenvalue weighted by Gasteiger charge is 2.38. The molecule has 2 fully saturated rings. The zero-order valence-electron chi connectivity index (χ0n) is 12.1. The Bertz CT molecular complexity index is 488. The van der Waals surface area contributed by atoms with Crippen LogP contribution in [0.1, 0.15) is 43.2 Å². The monoisotopic (exact) mass is 272 g/mol. The van der Waals surface area contributed by atoms with Gasteiger partial charge in [-0.3, -0.25) is 4.79 Å². The molecule has 1 saturated heterocycles. The second kappa shape index (κ2) is 5.57. The first kappa shape index (κ1) is 13.6. The number of carbonyl (C=O) groups is 1. The maximum atomic E-state index is 12.1. The lowest BCUT2D eigenvalue weighted by molar-refractivity contribution is -0.130. The number of aryl methyl sites for hydroxylation is 1. The fourth-order valence-corrected chi connectivity index (χ4v) is 3.06. The molecule has 0 spiro atoms. The number of hydrogen-bond donors (Lipinski definition) is 1. The number of benzene rings is 1. The summed E-state index contributed by atoms with van der Waals surface area (Å²) in [6.07, 6.45) is 7.04. The van der Waals surface area contributed by atoms with Crippen molar-refractivity contribution in [3.63, 3.8) is 0 Å². The van der Waals surface area contributed by atoms with E-state index in [1.165, 1.54) is 11.1 Å². The third-order valence-corrected chi connectivity index (χ3v) is 4.62. The molecular formula is C17H24N2O. The van der Waals surface area contributed by atoms with Gasteiger partial charge in [-0.15, -0.1) is 0 Å². The first-order valence-electron chi connectivity index (χ1n) is 7.80. The van der Waals surface area contributed by atoms with Crippen LogP contribution in [0.15, 0.2) is 24.3 Å². The lowest BCUT2D eigenvalue weighted by Gasteiger charge is -2.17. The molecule has 108 valence electrons. The van der Waals surface area contributed by atoms with E-state index >= 15 is 0 Å². The molecule has 1 aromatic carbocycles. The average Bonchev–Trinajstić information content (AvgIpc) is 2.95. The Morgan fingerprint density at radius 2 is 1.80 bits per heavy atom. The Morgan fingerprint density at radius 3 is 2.45 bits per heavy atom. The molecule has 20 heavy (non-hydrogen) atoms. The highest BCUT2D eigenvalue weighted by molar-refractivity contribution is 5.76. The number of amides is 1. The number of nitrogens with zero attached hydrogens (tertiary/aromatic N) is 1. The molecule has 1 amide bonds. The lowest BCUT2D eigenvalue weighted by atomic mass is 9.96. The second-order valence-corrected chi connectivity index (χ2v) is 6.40. The van der Waals surface area contributed by atoms with Crippen molar-refractivity contribution < 1.29 is 4.79 Å². The molecule has 0 aromatic heterocycles. The topological polar surface area (TPSA) is 46.3 Å². The van der Waals surface area contributed by atoms with Crippen molar-refractivity contribution in [2.75, 3.05) is 13.1 Å². The van der Waals surface area contributed by atoms with Crippen LogP contribution in [-0.2, 0) is 17.6 Å². The first-order chi connectivity index (χ1) is 9.66. The zero-order chi connectivity index (χ0) is 14.0. The van der Waals surface area contributed by atoms with Crippen LogP contribution < -0.4 is 5.73 Å². The number of likely N-dealkylation sites (tertiary alicyclic amines) is 1. The number of hydrogen-bond acceptors (Lipinski definition) is 2. The third kappa shape index (κ3) is 3.21. The van der Waals surface area contributed by atoms with Crippen molar-refractivity contribution >= 4 is 5.91 Å². The highest BCUT2D eigenvalue weighted by Crippen LogP contribution is 2.36. The van der Waals surface area contributed by atoms with Crippen LogP contribution >= 0.6 is 0 Å². The Hall–Kier alpha value is -1.35. The SMILES string of the molecule is NC1(Cc2ccccc2CCC(=O)N2CCCC2)CC1. The van der Waals surface area contributed by atoms with Gasteiger partial charge in [-0.05, 0) is 49.7 Å². The summed E-state index contributed by atoms with van der Waals surface area (Å²) < 4.78 is 0. The van der Waals surface area contributed by atoms with E-state index in [1.54, 1.807) is 0 Å². The van der Waals surface area contributed by atoms with Crippen LogP contribution in [0.2, 0.25) is 0 Å². The molecule has 3 rings (SSSR count). The Morgan fingerprint density at radius 1 is 1.15 bits per heavy atom. The summed E-state index contributed by atoms with van der Waals surface area (Å²) in [7, 11) is 0. The summed E-state index contributed by atoms with van der Waals surface area (Å²) in [5, 5.41) is 0. The van der Waals surface area contributed by atoms with Crippen molar-refractivity contribution in [3.05, 3.63) is 35.4 Å². The quantitative estimate of drug-likeness (QED) is 0.894. The summed E-state index contributed by atoms with van der Waals surface area (Å²) in [6.45, 7) is 1.90. The number of nitrogens with two attached hydrogens (primary N) is 1. The number of carbonyl (C=O) groups excluding carboxylic acids is 1. The molecule has 1 aliphatic carbocycles. The first-order valence-corrected chi connectivity index (χ1v) is 7.80. The van der Waals surface area contributed by atoms with Crippen molar-refractivity contribution in [3.8, 4) is 0 Å². The van der Waals surface area contributed by atoms with E-state index < -0.39 is 0 Å². The second-order valence-electron chi connectivity index (χ2n) is 6.40. The van der Waals surface area contributed by atoms with Gasteiger partial charge < -0.3 is 10.6 Å². The van der Waals surface area contributed by atoms with Crippen molar-refractivity contribution in [1.82, 2.24) is 4.90 Å². The van der Waals surface area contributed by atoms with Gasteiger partial charge in [0.05, 0.1) is 0 Å². The summed E-state index contributed by atoms with van der Waals surface area (Å²) in [5.74, 6) is 0.311. The van der Waals surface area contributed by atoms with E-state index in [0.29, 0.717) is 12.3 Å². The van der Waals surface area contributed by atoms with E-state index in [-0.39, 0.29) is 5.54 Å². The van der Waals surface area contributed by atoms with Crippen LogP contribution in [-0.4, -0.2) is 29.4 Å². The van der Waals surface area contributed by atoms with Gasteiger partial charge in [0, 0.05) is 25.0 Å². The van der Waals surface area contributed by atoms with Gasteiger partial charge in [0.2, 0.25) is 5.91 Å². The third-order valence-electron chi connectivity index (χ3n) is 4.62. The van der Waals surface area contributed by atoms with E-state index in [4.69, 9.17) is 5.73 Å². The molecule has 0 atom stereocenters. The van der Waals surface area contributed by atoms with Gasteiger partial charge in [-0.2, -0.15) is 0 Å². The minimum absolute atomic E-state index is 0.0368. The van der Waals surface area contributed by atoms with Crippen molar-refractivity contribution in [2.24, 2.45) is 5.73 Å². The van der Waals surface area contributed by atoms with Crippen LogP contribution in [0, 0.1) is 0 Å². The summed E-state index contributed by atoms with van der Waals surface area (Å²) >= 11 is 0.